The van der Waals surface area contributed by atoms with Crippen molar-refractivity contribution < 1.29 is 14.4 Å². The fourth-order valence-corrected chi connectivity index (χ4v) is 7.60. The van der Waals surface area contributed by atoms with Crippen molar-refractivity contribution in [2.75, 3.05) is 49.8 Å². The van der Waals surface area contributed by atoms with E-state index in [9.17, 15) is 14.4 Å². The van der Waals surface area contributed by atoms with Gasteiger partial charge in [0.05, 0.1) is 46.7 Å². The Morgan fingerprint density at radius 3 is 2.40 bits per heavy atom. The third-order valence-corrected chi connectivity index (χ3v) is 10.8. The van der Waals surface area contributed by atoms with Crippen molar-refractivity contribution in [3.05, 3.63) is 107 Å². The average molecular weight is 738 g/mol. The van der Waals surface area contributed by atoms with Gasteiger partial charge < -0.3 is 25.8 Å². The van der Waals surface area contributed by atoms with E-state index in [0.29, 0.717) is 23.7 Å². The molecule has 4 aliphatic rings. The van der Waals surface area contributed by atoms with Crippen LogP contribution in [0.15, 0.2) is 79.0 Å². The number of hydrogen-bond acceptors (Lipinski definition) is 10. The zero-order valence-electron chi connectivity index (χ0n) is 31.1. The van der Waals surface area contributed by atoms with Gasteiger partial charge in [-0.05, 0) is 49.4 Å². The van der Waals surface area contributed by atoms with Crippen molar-refractivity contribution in [1.82, 2.24) is 40.1 Å². The largest absolute Gasteiger partial charge is 0.360 e. The summed E-state index contributed by atoms with van der Waals surface area (Å²) in [6, 6.07) is 24.0. The van der Waals surface area contributed by atoms with Crippen LogP contribution in [-0.2, 0) is 11.3 Å². The number of para-hydroxylation sites is 1. The minimum atomic E-state index is -0.304. The molecule has 55 heavy (non-hydrogen) atoms. The second-order valence-electron chi connectivity index (χ2n) is 15.2. The van der Waals surface area contributed by atoms with Crippen LogP contribution >= 0.6 is 0 Å². The molecule has 1 atom stereocenters. The summed E-state index contributed by atoms with van der Waals surface area (Å²) < 4.78 is 2.18. The molecule has 0 spiro atoms. The maximum absolute atomic E-state index is 13.4. The van der Waals surface area contributed by atoms with E-state index in [1.807, 2.05) is 36.5 Å². The van der Waals surface area contributed by atoms with Crippen LogP contribution < -0.4 is 20.9 Å². The molecule has 3 fully saturated rings. The molecule has 2 aliphatic carbocycles. The summed E-state index contributed by atoms with van der Waals surface area (Å²) in [6.07, 6.45) is 5.57. The van der Waals surface area contributed by atoms with Crippen molar-refractivity contribution >= 4 is 40.6 Å². The molecule has 1 saturated heterocycles. The standard InChI is InChI=1S/C41H43N11O3/c1-49(2)41(55)32-14-7-11-27(43-32)21-51-22-28(23-51)52-38-30(20-42-52)29-12-8-13-31(37(29)50(3)36(38)24-9-5-4-6-10-24)45-33-19-34(46-39(53)25-15-16-25)47-48-35(33)40(54)44-26-17-18-26/h4-14,19-20,25-26,28,36H,15-18,21-23H2,1-3H3,(H,44,54)(H2,45,46,47,53). The van der Waals surface area contributed by atoms with Crippen molar-refractivity contribution in [2.24, 2.45) is 5.92 Å². The monoisotopic (exact) mass is 737 g/mol. The third kappa shape index (κ3) is 6.78. The second kappa shape index (κ2) is 13.9. The zero-order chi connectivity index (χ0) is 37.8. The lowest BCUT2D eigenvalue weighted by Gasteiger charge is -2.43. The number of aromatic nitrogens is 5. The first kappa shape index (κ1) is 34.6. The van der Waals surface area contributed by atoms with Gasteiger partial charge in [0.15, 0.2) is 11.5 Å². The quantitative estimate of drug-likeness (QED) is 0.169. The van der Waals surface area contributed by atoms with Crippen molar-refractivity contribution in [1.29, 1.82) is 0 Å². The van der Waals surface area contributed by atoms with E-state index in [1.54, 1.807) is 31.1 Å². The first-order valence-electron chi connectivity index (χ1n) is 18.9. The number of nitrogens with zero attached hydrogens (tertiary/aromatic N) is 8. The molecule has 3 aromatic heterocycles. The molecule has 0 bridgehead atoms. The summed E-state index contributed by atoms with van der Waals surface area (Å²) in [4.78, 5) is 49.4. The molecule has 5 aromatic rings. The van der Waals surface area contributed by atoms with E-state index in [0.717, 1.165) is 78.2 Å². The van der Waals surface area contributed by atoms with Gasteiger partial charge in [0, 0.05) is 69.9 Å². The predicted molar refractivity (Wildman–Crippen MR) is 208 cm³/mol. The Kier molecular flexibility index (Phi) is 8.76. The number of fused-ring (bicyclic) bond motifs is 3. The summed E-state index contributed by atoms with van der Waals surface area (Å²) >= 11 is 0. The van der Waals surface area contributed by atoms with Gasteiger partial charge in [0.25, 0.3) is 11.8 Å². The van der Waals surface area contributed by atoms with Crippen molar-refractivity contribution in [3.63, 3.8) is 0 Å². The smallest absolute Gasteiger partial charge is 0.274 e. The van der Waals surface area contributed by atoms with E-state index >= 15 is 0 Å². The zero-order valence-corrected chi connectivity index (χ0v) is 31.1. The molecule has 3 N–H and O–H groups in total. The van der Waals surface area contributed by atoms with Gasteiger partial charge in [0.1, 0.15) is 5.69 Å². The fraction of sp³-hybridized carbons (Fsp3) is 0.341. The molecule has 2 saturated carbocycles. The highest BCUT2D eigenvalue weighted by Crippen LogP contribution is 2.51. The van der Waals surface area contributed by atoms with Crippen LogP contribution in [0.5, 0.6) is 0 Å². The third-order valence-electron chi connectivity index (χ3n) is 10.8. The van der Waals surface area contributed by atoms with Crippen LogP contribution in [-0.4, -0.2) is 92.8 Å². The number of likely N-dealkylation sites (tertiary alicyclic amines) is 1. The van der Waals surface area contributed by atoms with E-state index in [4.69, 9.17) is 5.10 Å². The Morgan fingerprint density at radius 2 is 1.65 bits per heavy atom. The molecule has 9 rings (SSSR count). The van der Waals surface area contributed by atoms with Crippen molar-refractivity contribution in [3.8, 4) is 11.1 Å². The summed E-state index contributed by atoms with van der Waals surface area (Å²) in [6.45, 7) is 2.23. The van der Waals surface area contributed by atoms with E-state index < -0.39 is 0 Å². The highest BCUT2D eigenvalue weighted by Gasteiger charge is 2.40. The highest BCUT2D eigenvalue weighted by molar-refractivity contribution is 6.01. The van der Waals surface area contributed by atoms with Gasteiger partial charge in [-0.2, -0.15) is 5.10 Å². The van der Waals surface area contributed by atoms with E-state index in [1.165, 1.54) is 0 Å². The van der Waals surface area contributed by atoms with Crippen LogP contribution in [0.3, 0.4) is 0 Å². The normalized spacial score (nSPS) is 17.8. The molecule has 3 amide bonds. The maximum Gasteiger partial charge on any atom is 0.274 e. The molecule has 280 valence electrons. The van der Waals surface area contributed by atoms with E-state index in [2.05, 4.69) is 83.0 Å². The summed E-state index contributed by atoms with van der Waals surface area (Å²) in [7, 11) is 5.56. The Balaban J connectivity index is 1.04. The van der Waals surface area contributed by atoms with Gasteiger partial charge in [-0.15, -0.1) is 10.2 Å². The molecule has 2 aliphatic heterocycles. The fourth-order valence-electron chi connectivity index (χ4n) is 7.60. The number of amides is 3. The maximum atomic E-state index is 13.4. The van der Waals surface area contributed by atoms with Crippen LogP contribution in [0.4, 0.5) is 22.9 Å². The molecule has 1 unspecified atom stereocenters. The van der Waals surface area contributed by atoms with Gasteiger partial charge in [0.2, 0.25) is 5.91 Å². The molecule has 0 radical (unpaired) electrons. The minimum Gasteiger partial charge on any atom is -0.360 e. The Morgan fingerprint density at radius 1 is 0.873 bits per heavy atom. The lowest BCUT2D eigenvalue weighted by Crippen LogP contribution is -2.48. The lowest BCUT2D eigenvalue weighted by molar-refractivity contribution is -0.117. The average Bonchev–Trinajstić information content (AvgIpc) is 4.12. The predicted octanol–water partition coefficient (Wildman–Crippen LogP) is 5.02. The van der Waals surface area contributed by atoms with Crippen LogP contribution in [0.25, 0.3) is 11.1 Å². The number of anilines is 4. The van der Waals surface area contributed by atoms with Crippen molar-refractivity contribution in [2.45, 2.75) is 50.4 Å². The van der Waals surface area contributed by atoms with Crippen LogP contribution in [0.2, 0.25) is 0 Å². The molecular weight excluding hydrogens is 695 g/mol. The van der Waals surface area contributed by atoms with Gasteiger partial charge in [-0.1, -0.05) is 48.5 Å². The number of benzene rings is 2. The summed E-state index contributed by atoms with van der Waals surface area (Å²) in [5.41, 5.74) is 7.95. The number of carbonyl (C=O) groups excluding carboxylic acids is 3. The Hall–Kier alpha value is -6.15. The molecule has 2 aromatic carbocycles. The molecular formula is C41H43N11O3. The Bertz CT molecular complexity index is 2290. The number of hydrogen-bond donors (Lipinski definition) is 3. The topological polar surface area (TPSA) is 154 Å². The van der Waals surface area contributed by atoms with Gasteiger partial charge in [-0.25, -0.2) is 4.98 Å². The first-order valence-corrected chi connectivity index (χ1v) is 18.9. The highest BCUT2D eigenvalue weighted by atomic mass is 16.2. The first-order chi connectivity index (χ1) is 26.7. The number of carbonyl (C=O) groups is 3. The van der Waals surface area contributed by atoms with E-state index in [-0.39, 0.29) is 47.5 Å². The SMILES string of the molecule is CN(C)C(=O)c1cccc(CN2CC(n3ncc4c3C(c3ccccc3)N(C)c3c(Nc5cc(NC(=O)C6CC6)nnc5C(=O)NC5CC5)cccc3-4)C2)n1. The number of rotatable bonds is 11. The number of nitrogens with one attached hydrogen (secondary N) is 3. The minimum absolute atomic E-state index is 0.00650. The summed E-state index contributed by atoms with van der Waals surface area (Å²) in [5, 5.41) is 23.0. The second-order valence-corrected chi connectivity index (χ2v) is 15.2. The molecule has 14 heteroatoms. The van der Waals surface area contributed by atoms with Gasteiger partial charge >= 0.3 is 0 Å². The summed E-state index contributed by atoms with van der Waals surface area (Å²) in [5.74, 6) is -0.208. The van der Waals surface area contributed by atoms with Gasteiger partial charge in [-0.3, -0.25) is 24.0 Å². The Labute approximate surface area is 318 Å². The number of pyridine rings is 1. The molecule has 5 heterocycles. The van der Waals surface area contributed by atoms with Crippen LogP contribution in [0, 0.1) is 5.92 Å². The lowest BCUT2D eigenvalue weighted by atomic mass is 9.89. The van der Waals surface area contributed by atoms with Crippen LogP contribution in [0.1, 0.15) is 75.7 Å². The molecule has 14 nitrogen and oxygen atoms in total.